The maximum absolute atomic E-state index is 6.22. The van der Waals surface area contributed by atoms with Crippen LogP contribution in [0.2, 0.25) is 5.02 Å². The minimum absolute atomic E-state index is 0.786. The van der Waals surface area contributed by atoms with Gasteiger partial charge in [0, 0.05) is 41.7 Å². The Morgan fingerprint density at radius 1 is 0.593 bits per heavy atom. The normalized spacial score (nSPS) is 11.9. The van der Waals surface area contributed by atoms with Gasteiger partial charge in [-0.05, 0) is 42.5 Å². The van der Waals surface area contributed by atoms with E-state index in [0.29, 0.717) is 0 Å². The molecule has 3 heteroatoms. The fourth-order valence-corrected chi connectivity index (χ4v) is 5.37. The average Bonchev–Trinajstić information content (AvgIpc) is 3.23. The number of thiophene rings is 1. The molecule has 27 heavy (non-hydrogen) atoms. The molecule has 6 aromatic rings. The van der Waals surface area contributed by atoms with Crippen molar-refractivity contribution in [2.75, 3.05) is 0 Å². The monoisotopic (exact) mass is 383 g/mol. The fraction of sp³-hybridized carbons (Fsp3) is 0. The van der Waals surface area contributed by atoms with Crippen LogP contribution < -0.4 is 0 Å². The summed E-state index contributed by atoms with van der Waals surface area (Å²) < 4.78 is 4.92. The molecule has 0 saturated carbocycles. The third kappa shape index (κ3) is 2.18. The minimum Gasteiger partial charge on any atom is -0.309 e. The van der Waals surface area contributed by atoms with Crippen LogP contribution in [0.3, 0.4) is 0 Å². The van der Waals surface area contributed by atoms with Crippen molar-refractivity contribution in [3.05, 3.63) is 90.0 Å². The fourth-order valence-electron chi connectivity index (χ4n) is 4.08. The molecule has 0 saturated heterocycles. The van der Waals surface area contributed by atoms with E-state index in [9.17, 15) is 0 Å². The molecule has 0 spiro atoms. The van der Waals surface area contributed by atoms with Crippen molar-refractivity contribution in [2.45, 2.75) is 0 Å². The lowest BCUT2D eigenvalue weighted by atomic mass is 10.1. The molecule has 1 nitrogen and oxygen atoms in total. The summed E-state index contributed by atoms with van der Waals surface area (Å²) in [6, 6.07) is 30.1. The van der Waals surface area contributed by atoms with Crippen LogP contribution in [-0.2, 0) is 0 Å². The van der Waals surface area contributed by atoms with E-state index in [2.05, 4.69) is 83.4 Å². The van der Waals surface area contributed by atoms with Crippen LogP contribution in [0, 0.1) is 0 Å². The van der Waals surface area contributed by atoms with Gasteiger partial charge in [-0.3, -0.25) is 0 Å². The molecule has 128 valence electrons. The number of hydrogen-bond acceptors (Lipinski definition) is 1. The highest BCUT2D eigenvalue weighted by atomic mass is 35.5. The number of aromatic nitrogens is 1. The Balaban J connectivity index is 1.71. The highest BCUT2D eigenvalue weighted by Crippen LogP contribution is 2.38. The molecule has 0 fully saturated rings. The molecular formula is C24H14ClNS. The molecule has 6 rings (SSSR count). The van der Waals surface area contributed by atoms with Gasteiger partial charge in [-0.25, -0.2) is 0 Å². The van der Waals surface area contributed by atoms with Gasteiger partial charge in [0.2, 0.25) is 0 Å². The molecule has 0 unspecified atom stereocenters. The molecule has 2 heterocycles. The van der Waals surface area contributed by atoms with Gasteiger partial charge in [0.05, 0.1) is 11.0 Å². The van der Waals surface area contributed by atoms with E-state index in [1.807, 2.05) is 17.4 Å². The molecular weight excluding hydrogens is 370 g/mol. The smallest absolute Gasteiger partial charge is 0.0541 e. The van der Waals surface area contributed by atoms with Crippen LogP contribution in [-0.4, -0.2) is 4.57 Å². The van der Waals surface area contributed by atoms with Crippen molar-refractivity contribution in [2.24, 2.45) is 0 Å². The van der Waals surface area contributed by atoms with Gasteiger partial charge < -0.3 is 4.57 Å². The Kier molecular flexibility index (Phi) is 3.16. The molecule has 0 aliphatic heterocycles. The number of benzene rings is 4. The summed E-state index contributed by atoms with van der Waals surface area (Å²) in [5.41, 5.74) is 3.67. The van der Waals surface area contributed by atoms with E-state index in [1.54, 1.807) is 0 Å². The van der Waals surface area contributed by atoms with Crippen molar-refractivity contribution < 1.29 is 0 Å². The topological polar surface area (TPSA) is 4.93 Å². The van der Waals surface area contributed by atoms with Gasteiger partial charge in [0.15, 0.2) is 0 Å². The Morgan fingerprint density at radius 3 is 2.04 bits per heavy atom. The predicted octanol–water partition coefficient (Wildman–Crippen LogP) is 7.81. The summed E-state index contributed by atoms with van der Waals surface area (Å²) in [4.78, 5) is 0. The molecule has 2 aromatic heterocycles. The number of rotatable bonds is 1. The second-order valence-electron chi connectivity index (χ2n) is 6.79. The zero-order valence-electron chi connectivity index (χ0n) is 14.3. The quantitative estimate of drug-likeness (QED) is 0.273. The van der Waals surface area contributed by atoms with E-state index >= 15 is 0 Å². The zero-order valence-corrected chi connectivity index (χ0v) is 15.9. The number of fused-ring (bicyclic) bond motifs is 6. The molecule has 0 aliphatic carbocycles. The first-order valence-electron chi connectivity index (χ1n) is 8.90. The maximum Gasteiger partial charge on any atom is 0.0541 e. The van der Waals surface area contributed by atoms with Crippen LogP contribution in [0.1, 0.15) is 0 Å². The first-order valence-corrected chi connectivity index (χ1v) is 10.1. The summed E-state index contributed by atoms with van der Waals surface area (Å²) >= 11 is 8.04. The van der Waals surface area contributed by atoms with Crippen LogP contribution in [0.25, 0.3) is 47.7 Å². The predicted molar refractivity (Wildman–Crippen MR) is 119 cm³/mol. The number of para-hydroxylation sites is 2. The molecule has 0 bridgehead atoms. The van der Waals surface area contributed by atoms with E-state index in [-0.39, 0.29) is 0 Å². The van der Waals surface area contributed by atoms with Crippen LogP contribution in [0.4, 0.5) is 0 Å². The Morgan fingerprint density at radius 2 is 1.30 bits per heavy atom. The van der Waals surface area contributed by atoms with Crippen molar-refractivity contribution in [1.82, 2.24) is 4.57 Å². The largest absolute Gasteiger partial charge is 0.309 e. The van der Waals surface area contributed by atoms with E-state index < -0.39 is 0 Å². The summed E-state index contributed by atoms with van der Waals surface area (Å²) in [7, 11) is 0. The standard InChI is InChI=1S/C24H14ClNS/c25-15-9-12-23-20(13-15)19-11-10-16(14-24(19)27-23)26-21-7-3-1-5-17(21)18-6-2-4-8-22(18)26/h1-14H. The van der Waals surface area contributed by atoms with Crippen molar-refractivity contribution in [3.8, 4) is 5.69 Å². The molecule has 0 radical (unpaired) electrons. The molecule has 0 atom stereocenters. The summed E-state index contributed by atoms with van der Waals surface area (Å²) in [6.07, 6.45) is 0. The second-order valence-corrected chi connectivity index (χ2v) is 8.31. The molecule has 0 aliphatic rings. The zero-order chi connectivity index (χ0) is 18.0. The van der Waals surface area contributed by atoms with Crippen molar-refractivity contribution >= 4 is 64.9 Å². The Hall–Kier alpha value is -2.81. The molecule has 4 aromatic carbocycles. The third-order valence-corrected chi connectivity index (χ3v) is 6.62. The van der Waals surface area contributed by atoms with E-state index in [4.69, 9.17) is 11.6 Å². The van der Waals surface area contributed by atoms with Gasteiger partial charge in [-0.15, -0.1) is 11.3 Å². The highest BCUT2D eigenvalue weighted by Gasteiger charge is 2.13. The maximum atomic E-state index is 6.22. The number of hydrogen-bond donors (Lipinski definition) is 0. The van der Waals surface area contributed by atoms with E-state index in [1.165, 1.54) is 47.7 Å². The molecule has 0 amide bonds. The number of nitrogens with zero attached hydrogens (tertiary/aromatic N) is 1. The lowest BCUT2D eigenvalue weighted by Crippen LogP contribution is -1.92. The van der Waals surface area contributed by atoms with Crippen LogP contribution >= 0.6 is 22.9 Å². The average molecular weight is 384 g/mol. The van der Waals surface area contributed by atoms with Gasteiger partial charge in [-0.2, -0.15) is 0 Å². The molecule has 0 N–H and O–H groups in total. The first-order chi connectivity index (χ1) is 13.3. The third-order valence-electron chi connectivity index (χ3n) is 5.26. The van der Waals surface area contributed by atoms with Crippen LogP contribution in [0.5, 0.6) is 0 Å². The van der Waals surface area contributed by atoms with Gasteiger partial charge in [0.25, 0.3) is 0 Å². The SMILES string of the molecule is Clc1ccc2sc3cc(-n4c5ccccc5c5ccccc54)ccc3c2c1. The summed E-state index contributed by atoms with van der Waals surface area (Å²) in [5, 5.41) is 5.86. The van der Waals surface area contributed by atoms with Crippen molar-refractivity contribution in [3.63, 3.8) is 0 Å². The summed E-state index contributed by atoms with van der Waals surface area (Å²) in [6.45, 7) is 0. The van der Waals surface area contributed by atoms with Gasteiger partial charge in [-0.1, -0.05) is 54.1 Å². The highest BCUT2D eigenvalue weighted by molar-refractivity contribution is 7.25. The van der Waals surface area contributed by atoms with E-state index in [0.717, 1.165) is 5.02 Å². The first kappa shape index (κ1) is 15.3. The number of halogens is 1. The lowest BCUT2D eigenvalue weighted by Gasteiger charge is -2.08. The lowest BCUT2D eigenvalue weighted by molar-refractivity contribution is 1.19. The van der Waals surface area contributed by atoms with Gasteiger partial charge in [0.1, 0.15) is 0 Å². The Labute approximate surface area is 165 Å². The minimum atomic E-state index is 0.786. The van der Waals surface area contributed by atoms with Gasteiger partial charge >= 0.3 is 0 Å². The van der Waals surface area contributed by atoms with Crippen LogP contribution in [0.15, 0.2) is 84.9 Å². The second kappa shape index (κ2) is 5.59. The Bertz CT molecular complexity index is 1440. The van der Waals surface area contributed by atoms with Crippen molar-refractivity contribution in [1.29, 1.82) is 0 Å². The summed E-state index contributed by atoms with van der Waals surface area (Å²) in [5.74, 6) is 0.